The van der Waals surface area contributed by atoms with E-state index in [1.54, 1.807) is 0 Å². The van der Waals surface area contributed by atoms with Crippen molar-refractivity contribution in [2.45, 2.75) is 44.9 Å². The average molecular weight is 486 g/mol. The Morgan fingerprint density at radius 2 is 1.89 bits per heavy atom. The molecule has 0 unspecified atom stereocenters. The van der Waals surface area contributed by atoms with Gasteiger partial charge in [0.25, 0.3) is 0 Å². The first-order valence-electron chi connectivity index (χ1n) is 12.8. The number of rotatable bonds is 8. The lowest BCUT2D eigenvalue weighted by Gasteiger charge is -2.35. The molecular formula is C29H35N5O2. The fourth-order valence-corrected chi connectivity index (χ4v) is 5.01. The highest BCUT2D eigenvalue weighted by Gasteiger charge is 2.22. The number of anilines is 1. The Morgan fingerprint density at radius 3 is 2.56 bits per heavy atom. The van der Waals surface area contributed by atoms with Crippen molar-refractivity contribution in [3.05, 3.63) is 71.3 Å². The Labute approximate surface area is 213 Å². The maximum Gasteiger partial charge on any atom is 0.319 e. The summed E-state index contributed by atoms with van der Waals surface area (Å²) >= 11 is 0. The van der Waals surface area contributed by atoms with Crippen LogP contribution in [0.3, 0.4) is 0 Å². The molecule has 2 aliphatic rings. The summed E-state index contributed by atoms with van der Waals surface area (Å²) in [6.07, 6.45) is 4.39. The monoisotopic (exact) mass is 485 g/mol. The van der Waals surface area contributed by atoms with E-state index in [0.717, 1.165) is 67.8 Å². The average Bonchev–Trinajstić information content (AvgIpc) is 3.32. The van der Waals surface area contributed by atoms with Gasteiger partial charge in [-0.25, -0.2) is 4.79 Å². The van der Waals surface area contributed by atoms with Crippen molar-refractivity contribution < 1.29 is 9.59 Å². The molecule has 0 atom stereocenters. The molecular weight excluding hydrogens is 450 g/mol. The molecule has 2 N–H and O–H groups in total. The van der Waals surface area contributed by atoms with Crippen molar-refractivity contribution >= 4 is 23.3 Å². The molecule has 0 saturated carbocycles. The van der Waals surface area contributed by atoms with Crippen LogP contribution in [0.1, 0.15) is 60.3 Å². The van der Waals surface area contributed by atoms with Crippen LogP contribution in [0.15, 0.2) is 49.0 Å². The molecule has 36 heavy (non-hydrogen) atoms. The zero-order valence-electron chi connectivity index (χ0n) is 21.1. The van der Waals surface area contributed by atoms with Gasteiger partial charge in [0.15, 0.2) is 0 Å². The van der Waals surface area contributed by atoms with Crippen molar-refractivity contribution in [1.82, 2.24) is 15.1 Å². The number of urea groups is 1. The van der Waals surface area contributed by atoms with E-state index < -0.39 is 0 Å². The van der Waals surface area contributed by atoms with E-state index >= 15 is 0 Å². The molecule has 7 heteroatoms. The standard InChI is InChI=1S/C29H35N5O2/c1-21-6-9-26(19-27(21)32-29(36)31-14-4-16-34-15-3-5-28(34)35)22(2)33-17-12-25(13-18-33)24-10-7-23(20-30)8-11-24/h6-11,19,25H,2-5,12-18H2,1H3,(H2,31,32,36). The Kier molecular flexibility index (Phi) is 8.27. The molecule has 2 fully saturated rings. The maximum absolute atomic E-state index is 12.5. The summed E-state index contributed by atoms with van der Waals surface area (Å²) in [7, 11) is 0. The summed E-state index contributed by atoms with van der Waals surface area (Å²) in [5.74, 6) is 0.704. The highest BCUT2D eigenvalue weighted by atomic mass is 16.2. The van der Waals surface area contributed by atoms with Crippen LogP contribution in [0, 0.1) is 18.3 Å². The third-order valence-electron chi connectivity index (χ3n) is 7.27. The third-order valence-corrected chi connectivity index (χ3v) is 7.27. The zero-order chi connectivity index (χ0) is 25.5. The van der Waals surface area contributed by atoms with Crippen LogP contribution >= 0.6 is 0 Å². The first-order valence-corrected chi connectivity index (χ1v) is 12.8. The molecule has 0 aliphatic carbocycles. The highest BCUT2D eigenvalue weighted by molar-refractivity contribution is 5.90. The molecule has 2 aliphatic heterocycles. The van der Waals surface area contributed by atoms with Crippen LogP contribution in [0.4, 0.5) is 10.5 Å². The number of amides is 3. The number of aryl methyl sites for hydroxylation is 1. The van der Waals surface area contributed by atoms with E-state index in [1.807, 2.05) is 36.1 Å². The second-order valence-electron chi connectivity index (χ2n) is 9.69. The molecule has 4 rings (SSSR count). The van der Waals surface area contributed by atoms with E-state index in [4.69, 9.17) is 5.26 Å². The number of carbonyl (C=O) groups is 2. The number of nitrogens with one attached hydrogen (secondary N) is 2. The van der Waals surface area contributed by atoms with Crippen molar-refractivity contribution in [3.63, 3.8) is 0 Å². The minimum absolute atomic E-state index is 0.214. The number of nitriles is 1. The van der Waals surface area contributed by atoms with Gasteiger partial charge in [-0.05, 0) is 73.4 Å². The van der Waals surface area contributed by atoms with Crippen LogP contribution in [0.5, 0.6) is 0 Å². The lowest BCUT2D eigenvalue weighted by atomic mass is 9.88. The summed E-state index contributed by atoms with van der Waals surface area (Å²) < 4.78 is 0. The van der Waals surface area contributed by atoms with Gasteiger partial charge in [-0.3, -0.25) is 4.79 Å². The summed E-state index contributed by atoms with van der Waals surface area (Å²) in [5.41, 5.74) is 5.71. The van der Waals surface area contributed by atoms with E-state index in [0.29, 0.717) is 31.0 Å². The SMILES string of the molecule is C=C(c1ccc(C)c(NC(=O)NCCCN2CCCC2=O)c1)N1CCC(c2ccc(C#N)cc2)CC1. The first-order chi connectivity index (χ1) is 17.4. The van der Waals surface area contributed by atoms with Crippen molar-refractivity contribution in [3.8, 4) is 6.07 Å². The number of hydrogen-bond acceptors (Lipinski definition) is 4. The van der Waals surface area contributed by atoms with E-state index in [2.05, 4.69) is 46.4 Å². The first kappa shape index (κ1) is 25.3. The van der Waals surface area contributed by atoms with Gasteiger partial charge in [-0.2, -0.15) is 5.26 Å². The van der Waals surface area contributed by atoms with Gasteiger partial charge in [0.2, 0.25) is 5.91 Å². The van der Waals surface area contributed by atoms with Crippen LogP contribution < -0.4 is 10.6 Å². The normalized spacial score (nSPS) is 16.1. The number of likely N-dealkylation sites (tertiary alicyclic amines) is 2. The molecule has 3 amide bonds. The molecule has 0 radical (unpaired) electrons. The van der Waals surface area contributed by atoms with Crippen molar-refractivity contribution in [2.75, 3.05) is 38.0 Å². The third kappa shape index (κ3) is 6.25. The molecule has 0 aromatic heterocycles. The highest BCUT2D eigenvalue weighted by Crippen LogP contribution is 2.32. The minimum atomic E-state index is -0.239. The number of carbonyl (C=O) groups excluding carboxylic acids is 2. The van der Waals surface area contributed by atoms with Crippen LogP contribution in [-0.4, -0.2) is 54.5 Å². The van der Waals surface area contributed by atoms with Gasteiger partial charge >= 0.3 is 6.03 Å². The number of piperidine rings is 1. The van der Waals surface area contributed by atoms with Crippen LogP contribution in [-0.2, 0) is 4.79 Å². The van der Waals surface area contributed by atoms with Gasteiger partial charge in [0, 0.05) is 50.5 Å². The number of benzene rings is 2. The van der Waals surface area contributed by atoms with Crippen molar-refractivity contribution in [2.24, 2.45) is 0 Å². The number of nitrogens with zero attached hydrogens (tertiary/aromatic N) is 3. The Balaban J connectivity index is 1.27. The molecule has 0 spiro atoms. The molecule has 0 bridgehead atoms. The Morgan fingerprint density at radius 1 is 1.14 bits per heavy atom. The summed E-state index contributed by atoms with van der Waals surface area (Å²) in [6, 6.07) is 15.9. The van der Waals surface area contributed by atoms with E-state index in [1.165, 1.54) is 5.56 Å². The van der Waals surface area contributed by atoms with E-state index in [-0.39, 0.29) is 11.9 Å². The quantitative estimate of drug-likeness (QED) is 0.523. The van der Waals surface area contributed by atoms with Crippen molar-refractivity contribution in [1.29, 1.82) is 5.26 Å². The zero-order valence-corrected chi connectivity index (χ0v) is 21.1. The Hall–Kier alpha value is -3.79. The molecule has 2 aromatic carbocycles. The maximum atomic E-state index is 12.5. The predicted molar refractivity (Wildman–Crippen MR) is 142 cm³/mol. The second kappa shape index (κ2) is 11.8. The molecule has 2 aromatic rings. The van der Waals surface area contributed by atoms with Gasteiger partial charge < -0.3 is 20.4 Å². The Bertz CT molecular complexity index is 1140. The van der Waals surface area contributed by atoms with Gasteiger partial charge in [0.05, 0.1) is 11.6 Å². The van der Waals surface area contributed by atoms with Gasteiger partial charge in [-0.15, -0.1) is 0 Å². The fourth-order valence-electron chi connectivity index (χ4n) is 5.01. The minimum Gasteiger partial charge on any atom is -0.371 e. The number of hydrogen-bond donors (Lipinski definition) is 2. The second-order valence-corrected chi connectivity index (χ2v) is 9.69. The lowest BCUT2D eigenvalue weighted by Crippen LogP contribution is -2.33. The van der Waals surface area contributed by atoms with Gasteiger partial charge in [0.1, 0.15) is 0 Å². The molecule has 2 heterocycles. The predicted octanol–water partition coefficient (Wildman–Crippen LogP) is 4.85. The van der Waals surface area contributed by atoms with Crippen LogP contribution in [0.2, 0.25) is 0 Å². The molecule has 7 nitrogen and oxygen atoms in total. The molecule has 188 valence electrons. The topological polar surface area (TPSA) is 88.5 Å². The summed E-state index contributed by atoms with van der Waals surface area (Å²) in [6.45, 7) is 10.2. The lowest BCUT2D eigenvalue weighted by molar-refractivity contribution is -0.127. The van der Waals surface area contributed by atoms with E-state index in [9.17, 15) is 9.59 Å². The summed E-state index contributed by atoms with van der Waals surface area (Å²) in [5, 5.41) is 14.9. The summed E-state index contributed by atoms with van der Waals surface area (Å²) in [4.78, 5) is 28.3. The smallest absolute Gasteiger partial charge is 0.319 e. The molecule has 2 saturated heterocycles. The van der Waals surface area contributed by atoms with Crippen LogP contribution in [0.25, 0.3) is 5.70 Å². The fraction of sp³-hybridized carbons (Fsp3) is 0.414. The largest absolute Gasteiger partial charge is 0.371 e. The van der Waals surface area contributed by atoms with Gasteiger partial charge in [-0.1, -0.05) is 30.8 Å².